The summed E-state index contributed by atoms with van der Waals surface area (Å²) in [6.07, 6.45) is -0.595. The Morgan fingerprint density at radius 3 is 2.89 bits per heavy atom. The Balaban J connectivity index is 1.88. The molecule has 0 saturated carbocycles. The lowest BCUT2D eigenvalue weighted by Gasteiger charge is -2.08. The summed E-state index contributed by atoms with van der Waals surface area (Å²) in [7, 11) is 0. The molecule has 4 N–H and O–H groups in total. The van der Waals surface area contributed by atoms with E-state index in [0.717, 1.165) is 0 Å². The Kier molecular flexibility index (Phi) is 5.46. The van der Waals surface area contributed by atoms with E-state index >= 15 is 0 Å². The molecule has 0 radical (unpaired) electrons. The molecule has 0 aliphatic heterocycles. The molecule has 1 amide bonds. The number of nitrogens with two attached hydrogens (primary N) is 1. The summed E-state index contributed by atoms with van der Waals surface area (Å²) in [4.78, 5) is 41.5. The van der Waals surface area contributed by atoms with Gasteiger partial charge in [-0.3, -0.25) is 10.1 Å². The van der Waals surface area contributed by atoms with Crippen LogP contribution in [-0.4, -0.2) is 22.7 Å². The van der Waals surface area contributed by atoms with Crippen molar-refractivity contribution in [3.8, 4) is 0 Å². The molecule has 2 aromatic heterocycles. The third-order valence-corrected chi connectivity index (χ3v) is 4.38. The molecule has 0 aliphatic carbocycles. The topological polar surface area (TPSA) is 140 Å². The molecule has 3 rings (SSSR count). The SMILES string of the molecule is CCOC(=O)Nc1ccc2c(CSc3nc(N)cc(=O)[nH]3)cc(=O)oc2c1. The highest BCUT2D eigenvalue weighted by molar-refractivity contribution is 7.98. The quantitative estimate of drug-likeness (QED) is 0.344. The van der Waals surface area contributed by atoms with Gasteiger partial charge in [0, 0.05) is 35.0 Å². The molecule has 0 spiro atoms. The fourth-order valence-corrected chi connectivity index (χ4v) is 3.25. The van der Waals surface area contributed by atoms with Crippen molar-refractivity contribution in [2.75, 3.05) is 17.7 Å². The number of benzene rings is 1. The summed E-state index contributed by atoms with van der Waals surface area (Å²) in [6, 6.07) is 7.51. The average Bonchev–Trinajstić information content (AvgIpc) is 2.58. The van der Waals surface area contributed by atoms with Gasteiger partial charge in [0.05, 0.1) is 6.61 Å². The van der Waals surface area contributed by atoms with Crippen LogP contribution < -0.4 is 22.2 Å². The Labute approximate surface area is 156 Å². The maximum Gasteiger partial charge on any atom is 0.411 e. The molecule has 0 aliphatic rings. The first-order valence-electron chi connectivity index (χ1n) is 7.95. The number of aromatic nitrogens is 2. The number of ether oxygens (including phenoxy) is 1. The van der Waals surface area contributed by atoms with Gasteiger partial charge in [0.2, 0.25) is 0 Å². The molecule has 140 valence electrons. The first-order chi connectivity index (χ1) is 12.9. The van der Waals surface area contributed by atoms with Gasteiger partial charge in [0.25, 0.3) is 5.56 Å². The molecule has 0 fully saturated rings. The van der Waals surface area contributed by atoms with E-state index in [9.17, 15) is 14.4 Å². The van der Waals surface area contributed by atoms with Crippen LogP contribution in [0.15, 0.2) is 49.5 Å². The van der Waals surface area contributed by atoms with Gasteiger partial charge >= 0.3 is 11.7 Å². The minimum Gasteiger partial charge on any atom is -0.450 e. The molecule has 9 nitrogen and oxygen atoms in total. The lowest BCUT2D eigenvalue weighted by Crippen LogP contribution is -2.13. The van der Waals surface area contributed by atoms with Crippen LogP contribution >= 0.6 is 11.8 Å². The number of H-pyrrole nitrogens is 1. The molecule has 3 aromatic rings. The van der Waals surface area contributed by atoms with Crippen LogP contribution in [0.2, 0.25) is 0 Å². The highest BCUT2D eigenvalue weighted by Crippen LogP contribution is 2.26. The van der Waals surface area contributed by atoms with E-state index in [4.69, 9.17) is 14.9 Å². The lowest BCUT2D eigenvalue weighted by molar-refractivity contribution is 0.168. The maximum absolute atomic E-state index is 11.9. The number of nitrogens with zero attached hydrogens (tertiary/aromatic N) is 1. The van der Waals surface area contributed by atoms with E-state index in [1.807, 2.05) is 0 Å². The number of rotatable bonds is 5. The number of carbonyl (C=O) groups excluding carboxylic acids is 1. The van der Waals surface area contributed by atoms with Crippen molar-refractivity contribution in [3.05, 3.63) is 56.7 Å². The smallest absolute Gasteiger partial charge is 0.411 e. The predicted octanol–water partition coefficient (Wildman–Crippen LogP) is 2.32. The van der Waals surface area contributed by atoms with Crippen LogP contribution in [0.3, 0.4) is 0 Å². The second kappa shape index (κ2) is 7.96. The summed E-state index contributed by atoms with van der Waals surface area (Å²) >= 11 is 1.23. The molecular weight excluding hydrogens is 372 g/mol. The second-order valence-corrected chi connectivity index (χ2v) is 6.38. The van der Waals surface area contributed by atoms with E-state index in [2.05, 4.69) is 15.3 Å². The number of amides is 1. The van der Waals surface area contributed by atoms with Crippen molar-refractivity contribution in [2.24, 2.45) is 0 Å². The van der Waals surface area contributed by atoms with Gasteiger partial charge in [0.1, 0.15) is 11.4 Å². The van der Waals surface area contributed by atoms with Crippen molar-refractivity contribution in [1.29, 1.82) is 0 Å². The van der Waals surface area contributed by atoms with Crippen LogP contribution in [0.4, 0.5) is 16.3 Å². The van der Waals surface area contributed by atoms with Gasteiger partial charge in [0.15, 0.2) is 5.16 Å². The summed E-state index contributed by atoms with van der Waals surface area (Å²) in [5.41, 5.74) is 6.14. The van der Waals surface area contributed by atoms with Crippen LogP contribution in [-0.2, 0) is 10.5 Å². The fourth-order valence-electron chi connectivity index (χ4n) is 2.38. The van der Waals surface area contributed by atoms with Gasteiger partial charge in [-0.15, -0.1) is 0 Å². The van der Waals surface area contributed by atoms with Gasteiger partial charge in [-0.25, -0.2) is 14.6 Å². The van der Waals surface area contributed by atoms with E-state index in [0.29, 0.717) is 33.1 Å². The summed E-state index contributed by atoms with van der Waals surface area (Å²) in [5.74, 6) is 0.479. The maximum atomic E-state index is 11.9. The first kappa shape index (κ1) is 18.5. The van der Waals surface area contributed by atoms with Crippen LogP contribution in [0.1, 0.15) is 12.5 Å². The fraction of sp³-hybridized carbons (Fsp3) is 0.176. The summed E-state index contributed by atoms with van der Waals surface area (Å²) in [6.45, 7) is 1.95. The van der Waals surface area contributed by atoms with E-state index in [1.165, 1.54) is 23.9 Å². The minimum absolute atomic E-state index is 0.119. The second-order valence-electron chi connectivity index (χ2n) is 5.41. The molecule has 0 saturated heterocycles. The molecule has 0 unspecified atom stereocenters. The normalized spacial score (nSPS) is 10.7. The van der Waals surface area contributed by atoms with Crippen LogP contribution in [0.5, 0.6) is 0 Å². The zero-order valence-electron chi connectivity index (χ0n) is 14.3. The van der Waals surface area contributed by atoms with Gasteiger partial charge in [-0.1, -0.05) is 11.8 Å². The van der Waals surface area contributed by atoms with Crippen molar-refractivity contribution in [2.45, 2.75) is 17.8 Å². The molecule has 1 aromatic carbocycles. The highest BCUT2D eigenvalue weighted by atomic mass is 32.2. The molecule has 0 bridgehead atoms. The number of hydrogen-bond acceptors (Lipinski definition) is 8. The number of aromatic amines is 1. The number of anilines is 2. The molecule has 10 heteroatoms. The minimum atomic E-state index is -0.595. The molecule has 27 heavy (non-hydrogen) atoms. The Hall–Kier alpha value is -3.27. The van der Waals surface area contributed by atoms with E-state index < -0.39 is 11.7 Å². The summed E-state index contributed by atoms with van der Waals surface area (Å²) in [5, 5.41) is 3.60. The summed E-state index contributed by atoms with van der Waals surface area (Å²) < 4.78 is 10.0. The van der Waals surface area contributed by atoms with Gasteiger partial charge < -0.3 is 19.9 Å². The van der Waals surface area contributed by atoms with Crippen LogP contribution in [0.25, 0.3) is 11.0 Å². The van der Waals surface area contributed by atoms with Crippen LogP contribution in [0, 0.1) is 0 Å². The van der Waals surface area contributed by atoms with E-state index in [-0.39, 0.29) is 18.0 Å². The number of nitrogens with one attached hydrogen (secondary N) is 2. The molecule has 0 atom stereocenters. The number of carbonyl (C=O) groups is 1. The van der Waals surface area contributed by atoms with Crippen molar-refractivity contribution < 1.29 is 13.9 Å². The molecular formula is C17H16N4O5S. The first-order valence-corrected chi connectivity index (χ1v) is 8.93. The number of hydrogen-bond donors (Lipinski definition) is 3. The third-order valence-electron chi connectivity index (χ3n) is 3.46. The number of thioether (sulfide) groups is 1. The Bertz CT molecular complexity index is 1110. The molecule has 2 heterocycles. The van der Waals surface area contributed by atoms with Crippen molar-refractivity contribution >= 4 is 40.3 Å². The van der Waals surface area contributed by atoms with E-state index in [1.54, 1.807) is 25.1 Å². The zero-order chi connectivity index (χ0) is 19.4. The largest absolute Gasteiger partial charge is 0.450 e. The number of nitrogen functional groups attached to an aromatic ring is 1. The Morgan fingerprint density at radius 1 is 1.33 bits per heavy atom. The highest BCUT2D eigenvalue weighted by Gasteiger charge is 2.10. The monoisotopic (exact) mass is 388 g/mol. The van der Waals surface area contributed by atoms with Crippen molar-refractivity contribution in [1.82, 2.24) is 9.97 Å². The van der Waals surface area contributed by atoms with Gasteiger partial charge in [-0.05, 0) is 24.6 Å². The lowest BCUT2D eigenvalue weighted by atomic mass is 10.1. The van der Waals surface area contributed by atoms with Gasteiger partial charge in [-0.2, -0.15) is 0 Å². The predicted molar refractivity (Wildman–Crippen MR) is 102 cm³/mol. The van der Waals surface area contributed by atoms with Crippen molar-refractivity contribution in [3.63, 3.8) is 0 Å². The average molecular weight is 388 g/mol. The zero-order valence-corrected chi connectivity index (χ0v) is 15.1. The third kappa shape index (κ3) is 4.67. The number of fused-ring (bicyclic) bond motifs is 1. The standard InChI is InChI=1S/C17H16N4O5S/c1-2-25-17(24)19-10-3-4-11-9(5-15(23)26-12(11)6-10)8-27-16-20-13(18)7-14(22)21-16/h3-7H,2,8H2,1H3,(H,19,24)(H3,18,20,21,22). The Morgan fingerprint density at radius 2 is 2.15 bits per heavy atom.